The first-order valence-electron chi connectivity index (χ1n) is 33.0. The van der Waals surface area contributed by atoms with Crippen LogP contribution in [0.1, 0.15) is 150 Å². The predicted octanol–water partition coefficient (Wildman–Crippen LogP) is 7.66. The fourth-order valence-corrected chi connectivity index (χ4v) is 12.6. The van der Waals surface area contributed by atoms with Crippen LogP contribution in [0, 0.1) is 53.1 Å². The molecule has 1 saturated heterocycles. The highest BCUT2D eigenvalue weighted by Gasteiger charge is 2.44. The highest BCUT2D eigenvalue weighted by Crippen LogP contribution is 2.32. The topological polar surface area (TPSA) is 303 Å². The number of urea groups is 1. The van der Waals surface area contributed by atoms with Crippen molar-refractivity contribution in [1.82, 2.24) is 35.6 Å². The van der Waals surface area contributed by atoms with Crippen molar-refractivity contribution in [3.63, 3.8) is 0 Å². The van der Waals surface area contributed by atoms with Crippen molar-refractivity contribution in [2.24, 2.45) is 47.2 Å². The number of nitrogens with one attached hydrogen (secondary N) is 4. The minimum absolute atomic E-state index is 0.0137. The molecule has 0 radical (unpaired) electrons. The molecule has 0 saturated carbocycles. The van der Waals surface area contributed by atoms with Crippen LogP contribution in [0.4, 0.5) is 24.1 Å². The van der Waals surface area contributed by atoms with E-state index in [2.05, 4.69) is 21.3 Å². The van der Waals surface area contributed by atoms with E-state index in [-0.39, 0.29) is 129 Å². The third kappa shape index (κ3) is 23.1. The highest BCUT2D eigenvalue weighted by atomic mass is 19.1. The molecule has 0 aliphatic carbocycles. The van der Waals surface area contributed by atoms with Gasteiger partial charge >= 0.3 is 12.1 Å². The van der Waals surface area contributed by atoms with E-state index in [9.17, 15) is 61.5 Å². The van der Waals surface area contributed by atoms with Crippen LogP contribution in [-0.2, 0) is 70.4 Å². The minimum atomic E-state index is -0.985. The summed E-state index contributed by atoms with van der Waals surface area (Å²) in [6.45, 7) is 17.1. The number of likely N-dealkylation sites (tertiary alicyclic amines) is 1. The van der Waals surface area contributed by atoms with Crippen LogP contribution in [0.2, 0.25) is 0 Å². The van der Waals surface area contributed by atoms with Gasteiger partial charge in [-0.3, -0.25) is 48.1 Å². The van der Waals surface area contributed by atoms with E-state index in [1.165, 1.54) is 44.4 Å². The second-order valence-corrected chi connectivity index (χ2v) is 26.0. The number of ketones is 2. The van der Waals surface area contributed by atoms with Gasteiger partial charge in [-0.05, 0) is 98.4 Å². The Balaban J connectivity index is 1.37. The third-order valence-corrected chi connectivity index (χ3v) is 18.2. The number of nitrogens with two attached hydrogens (primary N) is 1. The van der Waals surface area contributed by atoms with E-state index in [4.69, 9.17) is 19.9 Å². The van der Waals surface area contributed by atoms with Crippen molar-refractivity contribution < 1.29 is 75.7 Å². The normalized spacial score (nSPS) is 16.8. The Bertz CT molecular complexity index is 2910. The molecule has 2 aliphatic rings. The third-order valence-electron chi connectivity index (χ3n) is 18.2. The van der Waals surface area contributed by atoms with Crippen LogP contribution in [0.15, 0.2) is 54.6 Å². The number of methoxy groups -OCH3 is 2. The number of rotatable bonds is 40. The number of primary amides is 1. The van der Waals surface area contributed by atoms with Gasteiger partial charge in [-0.2, -0.15) is 0 Å². The number of nitrogens with zero attached hydrogens (tertiary/aromatic N) is 4. The molecule has 23 nitrogen and oxygen atoms in total. The number of amides is 10. The van der Waals surface area contributed by atoms with Gasteiger partial charge in [0.05, 0.1) is 48.7 Å². The van der Waals surface area contributed by atoms with Gasteiger partial charge in [0.1, 0.15) is 18.2 Å². The quantitative estimate of drug-likeness (QED) is 0.0316. The maximum atomic E-state index is 14.8. The Morgan fingerprint density at radius 1 is 0.734 bits per heavy atom. The predicted molar refractivity (Wildman–Crippen MR) is 350 cm³/mol. The van der Waals surface area contributed by atoms with Crippen LogP contribution in [0.5, 0.6) is 0 Å². The number of carbonyl (C=O) groups excluding carboxylic acids is 11. The SMILES string of the molecule is CC[C@H](C)[C@@H]([C@@H](CC(=O)N1CCC[C@H]1[C@H](OC)[C@@H](C)C(=O)NCCc1c(F)cccc1F)OC)N(C)C(=O)[C@@H](CC(=O)[C@H](C(C)C)N(C)C(=O)OCc1ccc(NC(=O)[C@H](CCCNC(N)=O)CC(=O)[C@@H](NC(=O)CCCCCN2C(=O)C=CC2=O)C(C)C)cc1)C(C)C. The maximum absolute atomic E-state index is 14.8. The fourth-order valence-electron chi connectivity index (χ4n) is 12.6. The van der Waals surface area contributed by atoms with E-state index in [0.29, 0.717) is 62.7 Å². The minimum Gasteiger partial charge on any atom is -0.445 e. The number of unbranched alkanes of at least 4 members (excludes halogenated alkanes) is 2. The van der Waals surface area contributed by atoms with Crippen molar-refractivity contribution in [2.45, 2.75) is 189 Å². The van der Waals surface area contributed by atoms with Gasteiger partial charge in [0.15, 0.2) is 11.6 Å². The number of ether oxygens (including phenoxy) is 3. The lowest BCUT2D eigenvalue weighted by molar-refractivity contribution is -0.149. The summed E-state index contributed by atoms with van der Waals surface area (Å²) in [7, 11) is 6.08. The van der Waals surface area contributed by atoms with E-state index in [1.807, 2.05) is 27.7 Å². The van der Waals surface area contributed by atoms with Gasteiger partial charge in [0.25, 0.3) is 11.8 Å². The number of anilines is 1. The van der Waals surface area contributed by atoms with E-state index in [1.54, 1.807) is 75.7 Å². The first-order chi connectivity index (χ1) is 44.5. The number of likely N-dealkylation sites (N-methyl/N-ethyl adjacent to an activating group) is 2. The Morgan fingerprint density at radius 2 is 1.38 bits per heavy atom. The first-order valence-corrected chi connectivity index (χ1v) is 33.0. The number of carbonyl (C=O) groups is 11. The van der Waals surface area contributed by atoms with Crippen molar-refractivity contribution >= 4 is 70.7 Å². The van der Waals surface area contributed by atoms with Crippen molar-refractivity contribution in [1.29, 1.82) is 0 Å². The van der Waals surface area contributed by atoms with Gasteiger partial charge in [-0.15, -0.1) is 0 Å². The summed E-state index contributed by atoms with van der Waals surface area (Å²) < 4.78 is 46.3. The zero-order valence-electron chi connectivity index (χ0n) is 57.3. The summed E-state index contributed by atoms with van der Waals surface area (Å²) in [4.78, 5) is 152. The van der Waals surface area contributed by atoms with E-state index < -0.39 is 95.6 Å². The lowest BCUT2D eigenvalue weighted by Crippen LogP contribution is -2.54. The average molecular weight is 1320 g/mol. The molecule has 2 aromatic rings. The lowest BCUT2D eigenvalue weighted by atomic mass is 9.83. The Hall–Kier alpha value is -7.67. The molecule has 0 aromatic heterocycles. The van der Waals surface area contributed by atoms with Crippen LogP contribution in [0.25, 0.3) is 0 Å². The largest absolute Gasteiger partial charge is 0.445 e. The summed E-state index contributed by atoms with van der Waals surface area (Å²) in [6.07, 6.45) is 3.56. The molecule has 94 heavy (non-hydrogen) atoms. The van der Waals surface area contributed by atoms with Gasteiger partial charge in [-0.1, -0.05) is 93.4 Å². The van der Waals surface area contributed by atoms with E-state index >= 15 is 0 Å². The van der Waals surface area contributed by atoms with Crippen molar-refractivity contribution in [2.75, 3.05) is 59.8 Å². The smallest absolute Gasteiger partial charge is 0.410 e. The standard InChI is InChI=1S/C69H103F2N9O14/c1-14-44(8)63(56(92-12)39-60(86)79-36-20-24-53(79)64(93-13)45(9)65(87)73-34-32-49-51(70)22-18-23-52(49)71)77(10)67(89)50(41(2)3)38-55(82)62(43(6)7)78(11)69(91)94-40-46-26-28-48(29-27-46)75-66(88)47(21-19-33-74-68(72)90)37-54(81)61(42(4)5)76-57(83)25-16-15-17-35-80-58(84)30-31-59(80)85/h18,22-23,26-31,41-45,47,50,53,56,61-64H,14-17,19-21,24-25,32-40H2,1-13H3,(H,73,87)(H,75,88)(H,76,83)(H3,72,74,90)/t44-,45+,47+,50-,53-,56+,61-,62-,63-,64+/m0/s1. The molecule has 6 N–H and O–H groups in total. The number of imide groups is 1. The summed E-state index contributed by atoms with van der Waals surface area (Å²) in [5.74, 6) is -8.30. The molecule has 4 rings (SSSR count). The monoisotopic (exact) mass is 1320 g/mol. The molecule has 0 unspecified atom stereocenters. The molecular weight excluding hydrogens is 1220 g/mol. The Kier molecular flexibility index (Phi) is 32.4. The van der Waals surface area contributed by atoms with E-state index in [0.717, 1.165) is 17.0 Å². The lowest BCUT2D eigenvalue weighted by Gasteiger charge is -2.41. The zero-order valence-corrected chi connectivity index (χ0v) is 57.3. The average Bonchev–Trinajstić information content (AvgIpc) is 1.41. The molecule has 2 aromatic carbocycles. The van der Waals surface area contributed by atoms with Crippen LogP contribution >= 0.6 is 0 Å². The molecule has 2 heterocycles. The Morgan fingerprint density at radius 3 is 1.96 bits per heavy atom. The number of hydrogen-bond acceptors (Lipinski definition) is 14. The molecular formula is C69H103F2N9O14. The summed E-state index contributed by atoms with van der Waals surface area (Å²) in [5, 5.41) is 10.9. The fraction of sp³-hybridized carbons (Fsp3) is 0.638. The molecule has 2 aliphatic heterocycles. The van der Waals surface area contributed by atoms with Gasteiger partial charge in [-0.25, -0.2) is 18.4 Å². The van der Waals surface area contributed by atoms with Gasteiger partial charge < -0.3 is 55.9 Å². The molecule has 10 atom stereocenters. The van der Waals surface area contributed by atoms with Gasteiger partial charge in [0.2, 0.25) is 29.5 Å². The second kappa shape index (κ2) is 38.6. The van der Waals surface area contributed by atoms with Crippen molar-refractivity contribution in [3.05, 3.63) is 77.4 Å². The highest BCUT2D eigenvalue weighted by molar-refractivity contribution is 6.12. The molecule has 0 bridgehead atoms. The number of Topliss-reactive ketones (excluding diaryl/α,β-unsaturated/α-hetero) is 2. The van der Waals surface area contributed by atoms with Crippen molar-refractivity contribution in [3.8, 4) is 0 Å². The maximum Gasteiger partial charge on any atom is 0.410 e. The van der Waals surface area contributed by atoms with Gasteiger partial charge in [0, 0.05) is 109 Å². The van der Waals surface area contributed by atoms with Crippen LogP contribution < -0.4 is 27.0 Å². The van der Waals surface area contributed by atoms with Crippen LogP contribution in [0.3, 0.4) is 0 Å². The molecule has 10 amide bonds. The molecule has 1 fully saturated rings. The number of hydrogen-bond donors (Lipinski definition) is 5. The molecule has 25 heteroatoms. The Labute approximate surface area is 553 Å². The summed E-state index contributed by atoms with van der Waals surface area (Å²) in [6, 6.07) is 6.37. The summed E-state index contributed by atoms with van der Waals surface area (Å²) >= 11 is 0. The number of benzene rings is 2. The summed E-state index contributed by atoms with van der Waals surface area (Å²) in [5.41, 5.74) is 6.05. The molecule has 522 valence electrons. The zero-order chi connectivity index (χ0) is 70.1. The first kappa shape index (κ1) is 78.8. The number of halogens is 2. The van der Waals surface area contributed by atoms with Crippen LogP contribution in [-0.4, -0.2) is 176 Å². The molecule has 0 spiro atoms. The second-order valence-electron chi connectivity index (χ2n) is 26.0.